The average molecular weight is 323 g/mol. The maximum absolute atomic E-state index is 4.69. The molecule has 0 unspecified atom stereocenters. The molecule has 124 valence electrons. The van der Waals surface area contributed by atoms with Gasteiger partial charge in [-0.05, 0) is 47.0 Å². The van der Waals surface area contributed by atoms with Crippen LogP contribution in [0.15, 0.2) is 40.2 Å². The van der Waals surface area contributed by atoms with Gasteiger partial charge in [0.15, 0.2) is 5.96 Å². The molecule has 0 aliphatic heterocycles. The number of guanidine groups is 1. The van der Waals surface area contributed by atoms with Gasteiger partial charge in [-0.2, -0.15) is 0 Å². The Labute approximate surface area is 139 Å². The molecule has 0 radical (unpaired) electrons. The van der Waals surface area contributed by atoms with Crippen LogP contribution in [-0.2, 0) is 0 Å². The fraction of sp³-hybridized carbons (Fsp3) is 0.588. The largest absolute Gasteiger partial charge is 0.357 e. The molecule has 0 amide bonds. The number of likely N-dealkylation sites (N-methyl/N-ethyl adjacent to an activating group) is 1. The van der Waals surface area contributed by atoms with Crippen LogP contribution in [0.4, 0.5) is 0 Å². The first-order valence-corrected chi connectivity index (χ1v) is 8.81. The second-order valence-electron chi connectivity index (χ2n) is 5.99. The van der Waals surface area contributed by atoms with E-state index in [9.17, 15) is 0 Å². The SMILES string of the molecule is CCNC(=NCC(C)(C)N(C)C)NCCSc1ccccc1. The summed E-state index contributed by atoms with van der Waals surface area (Å²) in [5, 5.41) is 6.71. The molecule has 1 aromatic rings. The summed E-state index contributed by atoms with van der Waals surface area (Å²) >= 11 is 1.86. The number of hydrogen-bond donors (Lipinski definition) is 2. The zero-order chi connectivity index (χ0) is 16.4. The molecule has 4 nitrogen and oxygen atoms in total. The minimum absolute atomic E-state index is 0.0567. The Kier molecular flexibility index (Phi) is 8.35. The van der Waals surface area contributed by atoms with Gasteiger partial charge in [0.05, 0.1) is 6.54 Å². The second-order valence-corrected chi connectivity index (χ2v) is 7.16. The molecule has 2 N–H and O–H groups in total. The topological polar surface area (TPSA) is 39.7 Å². The standard InChI is InChI=1S/C17H30N4S/c1-6-18-16(20-14-17(2,3)21(4)5)19-12-13-22-15-10-8-7-9-11-15/h7-11H,6,12-14H2,1-5H3,(H2,18,19,20). The van der Waals surface area contributed by atoms with Crippen LogP contribution in [-0.4, -0.2) is 55.9 Å². The van der Waals surface area contributed by atoms with E-state index < -0.39 is 0 Å². The summed E-state index contributed by atoms with van der Waals surface area (Å²) in [6, 6.07) is 10.5. The summed E-state index contributed by atoms with van der Waals surface area (Å²) in [5.74, 6) is 1.91. The van der Waals surface area contributed by atoms with Gasteiger partial charge in [-0.3, -0.25) is 4.99 Å². The second kappa shape index (κ2) is 9.74. The molecule has 1 aromatic carbocycles. The zero-order valence-corrected chi connectivity index (χ0v) is 15.3. The smallest absolute Gasteiger partial charge is 0.191 e. The average Bonchev–Trinajstić information content (AvgIpc) is 2.50. The molecule has 0 fully saturated rings. The van der Waals surface area contributed by atoms with Gasteiger partial charge in [0, 0.05) is 29.3 Å². The van der Waals surface area contributed by atoms with Crippen molar-refractivity contribution in [2.45, 2.75) is 31.2 Å². The zero-order valence-electron chi connectivity index (χ0n) is 14.5. The first kappa shape index (κ1) is 18.8. The van der Waals surface area contributed by atoms with Crippen molar-refractivity contribution >= 4 is 17.7 Å². The van der Waals surface area contributed by atoms with Crippen molar-refractivity contribution in [3.63, 3.8) is 0 Å². The highest BCUT2D eigenvalue weighted by molar-refractivity contribution is 7.99. The van der Waals surface area contributed by atoms with Gasteiger partial charge in [-0.15, -0.1) is 11.8 Å². The molecular weight excluding hydrogens is 292 g/mol. The lowest BCUT2D eigenvalue weighted by Gasteiger charge is -2.31. The molecule has 0 heterocycles. The highest BCUT2D eigenvalue weighted by Crippen LogP contribution is 2.15. The third-order valence-electron chi connectivity index (χ3n) is 3.59. The third kappa shape index (κ3) is 7.18. The van der Waals surface area contributed by atoms with Crippen LogP contribution in [0.5, 0.6) is 0 Å². The third-order valence-corrected chi connectivity index (χ3v) is 4.60. The van der Waals surface area contributed by atoms with E-state index in [2.05, 4.69) is 74.7 Å². The Hall–Kier alpha value is -1.20. The molecule has 0 atom stereocenters. The quantitative estimate of drug-likeness (QED) is 0.334. The highest BCUT2D eigenvalue weighted by atomic mass is 32.2. The normalized spacial score (nSPS) is 12.5. The molecule has 0 aliphatic rings. The van der Waals surface area contributed by atoms with E-state index in [-0.39, 0.29) is 5.54 Å². The predicted molar refractivity (Wildman–Crippen MR) is 98.9 cm³/mol. The lowest BCUT2D eigenvalue weighted by atomic mass is 10.1. The summed E-state index contributed by atoms with van der Waals surface area (Å²) < 4.78 is 0. The van der Waals surface area contributed by atoms with Crippen molar-refractivity contribution in [1.29, 1.82) is 0 Å². The van der Waals surface area contributed by atoms with Crippen LogP contribution in [0.2, 0.25) is 0 Å². The van der Waals surface area contributed by atoms with Gasteiger partial charge in [0.1, 0.15) is 0 Å². The molecule has 22 heavy (non-hydrogen) atoms. The lowest BCUT2D eigenvalue weighted by molar-refractivity contribution is 0.204. The van der Waals surface area contributed by atoms with Gasteiger partial charge < -0.3 is 15.5 Å². The van der Waals surface area contributed by atoms with Gasteiger partial charge in [0.25, 0.3) is 0 Å². The molecule has 0 saturated heterocycles. The fourth-order valence-electron chi connectivity index (χ4n) is 1.61. The molecule has 0 bridgehead atoms. The van der Waals surface area contributed by atoms with Crippen molar-refractivity contribution in [1.82, 2.24) is 15.5 Å². The lowest BCUT2D eigenvalue weighted by Crippen LogP contribution is -2.44. The van der Waals surface area contributed by atoms with Crippen molar-refractivity contribution in [2.24, 2.45) is 4.99 Å². The maximum Gasteiger partial charge on any atom is 0.191 e. The molecular formula is C17H30N4S. The van der Waals surface area contributed by atoms with E-state index in [0.717, 1.165) is 31.3 Å². The van der Waals surface area contributed by atoms with E-state index in [1.807, 2.05) is 17.8 Å². The number of aliphatic imine (C=N–C) groups is 1. The molecule has 0 aromatic heterocycles. The summed E-state index contributed by atoms with van der Waals surface area (Å²) in [6.45, 7) is 9.03. The monoisotopic (exact) mass is 322 g/mol. The number of hydrogen-bond acceptors (Lipinski definition) is 3. The van der Waals surface area contributed by atoms with E-state index in [4.69, 9.17) is 4.99 Å². The highest BCUT2D eigenvalue weighted by Gasteiger charge is 2.19. The number of rotatable bonds is 8. The van der Waals surface area contributed by atoms with Gasteiger partial charge in [-0.25, -0.2) is 0 Å². The van der Waals surface area contributed by atoms with Gasteiger partial charge >= 0.3 is 0 Å². The Bertz CT molecular complexity index is 443. The van der Waals surface area contributed by atoms with Crippen molar-refractivity contribution in [3.8, 4) is 0 Å². The number of benzene rings is 1. The first-order chi connectivity index (χ1) is 10.5. The predicted octanol–water partition coefficient (Wildman–Crippen LogP) is 2.67. The summed E-state index contributed by atoms with van der Waals surface area (Å²) in [4.78, 5) is 8.20. The first-order valence-electron chi connectivity index (χ1n) is 7.83. The Morgan fingerprint density at radius 2 is 1.86 bits per heavy atom. The van der Waals surface area contributed by atoms with Crippen LogP contribution in [0.3, 0.4) is 0 Å². The van der Waals surface area contributed by atoms with E-state index >= 15 is 0 Å². The summed E-state index contributed by atoms with van der Waals surface area (Å²) in [6.07, 6.45) is 0. The van der Waals surface area contributed by atoms with Crippen molar-refractivity contribution in [2.75, 3.05) is 39.5 Å². The Morgan fingerprint density at radius 3 is 2.45 bits per heavy atom. The number of nitrogens with one attached hydrogen (secondary N) is 2. The van der Waals surface area contributed by atoms with E-state index in [1.54, 1.807) is 0 Å². The molecule has 0 aliphatic carbocycles. The van der Waals surface area contributed by atoms with Gasteiger partial charge in [-0.1, -0.05) is 18.2 Å². The Morgan fingerprint density at radius 1 is 1.18 bits per heavy atom. The van der Waals surface area contributed by atoms with Crippen molar-refractivity contribution in [3.05, 3.63) is 30.3 Å². The minimum atomic E-state index is 0.0567. The molecule has 0 saturated carbocycles. The van der Waals surface area contributed by atoms with Crippen molar-refractivity contribution < 1.29 is 0 Å². The van der Waals surface area contributed by atoms with E-state index in [0.29, 0.717) is 0 Å². The van der Waals surface area contributed by atoms with Crippen LogP contribution in [0.25, 0.3) is 0 Å². The van der Waals surface area contributed by atoms with Crippen LogP contribution < -0.4 is 10.6 Å². The van der Waals surface area contributed by atoms with E-state index in [1.165, 1.54) is 4.90 Å². The van der Waals surface area contributed by atoms with Crippen LogP contribution >= 0.6 is 11.8 Å². The Balaban J connectivity index is 2.40. The number of thioether (sulfide) groups is 1. The fourth-order valence-corrected chi connectivity index (χ4v) is 2.40. The molecule has 0 spiro atoms. The molecule has 5 heteroatoms. The summed E-state index contributed by atoms with van der Waals surface area (Å²) in [7, 11) is 4.18. The summed E-state index contributed by atoms with van der Waals surface area (Å²) in [5.41, 5.74) is 0.0567. The number of nitrogens with zero attached hydrogens (tertiary/aromatic N) is 2. The van der Waals surface area contributed by atoms with Crippen LogP contribution in [0.1, 0.15) is 20.8 Å². The molecule has 1 rings (SSSR count). The maximum atomic E-state index is 4.69. The minimum Gasteiger partial charge on any atom is -0.357 e. The van der Waals surface area contributed by atoms with Crippen LogP contribution in [0, 0.1) is 0 Å². The van der Waals surface area contributed by atoms with Gasteiger partial charge in [0.2, 0.25) is 0 Å².